The van der Waals surface area contributed by atoms with Gasteiger partial charge in [-0.2, -0.15) is 5.26 Å². The molecule has 0 unspecified atom stereocenters. The summed E-state index contributed by atoms with van der Waals surface area (Å²) < 4.78 is 0. The van der Waals surface area contributed by atoms with E-state index in [0.717, 1.165) is 0 Å². The van der Waals surface area contributed by atoms with E-state index in [9.17, 15) is 0 Å². The van der Waals surface area contributed by atoms with Crippen LogP contribution in [0.4, 0.5) is 0 Å². The van der Waals surface area contributed by atoms with Gasteiger partial charge < -0.3 is 0 Å². The number of rotatable bonds is 1. The molecule has 0 spiro atoms. The fourth-order valence-electron chi connectivity index (χ4n) is 0.789. The highest BCUT2D eigenvalue weighted by Crippen LogP contribution is 2.26. The summed E-state index contributed by atoms with van der Waals surface area (Å²) in [5.41, 5.74) is 1.20. The van der Waals surface area contributed by atoms with Crippen molar-refractivity contribution in [2.24, 2.45) is 0 Å². The Morgan fingerprint density at radius 3 is 2.36 bits per heavy atom. The summed E-state index contributed by atoms with van der Waals surface area (Å²) in [7, 11) is 0. The first-order valence-corrected chi connectivity index (χ1v) is 3.90. The molecule has 0 heterocycles. The normalized spacial score (nSPS) is 9.64. The molecule has 1 aromatic rings. The molecule has 56 valence electrons. The largest absolute Gasteiger partial charge is 0.192 e. The fraction of sp³-hybridized carbons (Fsp3) is 0.125. The van der Waals surface area contributed by atoms with Gasteiger partial charge in [-0.05, 0) is 6.07 Å². The summed E-state index contributed by atoms with van der Waals surface area (Å²) in [6.45, 7) is 0. The Hall–Kier alpha value is -0.710. The second kappa shape index (κ2) is 3.61. The molecule has 1 rings (SSSR count). The third-order valence-electron chi connectivity index (χ3n) is 1.32. The highest BCUT2D eigenvalue weighted by Gasteiger charge is 2.07. The average molecular weight is 186 g/mol. The summed E-state index contributed by atoms with van der Waals surface area (Å²) in [5, 5.41) is 8.60. The minimum Gasteiger partial charge on any atom is -0.192 e. The molecule has 1 nitrogen and oxygen atoms in total. The van der Waals surface area contributed by atoms with Gasteiger partial charge in [0.25, 0.3) is 0 Å². The van der Waals surface area contributed by atoms with Gasteiger partial charge in [-0.3, -0.25) is 0 Å². The van der Waals surface area contributed by atoms with Crippen molar-refractivity contribution < 1.29 is 0 Å². The van der Waals surface area contributed by atoms with E-state index in [0.29, 0.717) is 11.1 Å². The van der Waals surface area contributed by atoms with Crippen LogP contribution in [0.25, 0.3) is 0 Å². The molecule has 1 aromatic carbocycles. The predicted octanol–water partition coefficient (Wildman–Crippen LogP) is 3.03. The Labute approximate surface area is 75.2 Å². The van der Waals surface area contributed by atoms with Crippen molar-refractivity contribution in [3.8, 4) is 6.07 Å². The summed E-state index contributed by atoms with van der Waals surface area (Å²) >= 11 is 11.2. The summed E-state index contributed by atoms with van der Waals surface area (Å²) in [4.78, 5) is -0.620. The molecule has 3 heteroatoms. The molecule has 0 fully saturated rings. The maximum absolute atomic E-state index is 8.60. The zero-order valence-corrected chi connectivity index (χ0v) is 7.10. The van der Waals surface area contributed by atoms with Crippen LogP contribution in [0.5, 0.6) is 0 Å². The van der Waals surface area contributed by atoms with Gasteiger partial charge >= 0.3 is 0 Å². The minimum atomic E-state index is -0.620. The van der Waals surface area contributed by atoms with Crippen molar-refractivity contribution in [1.82, 2.24) is 0 Å². The Bertz CT molecular complexity index is 288. The van der Waals surface area contributed by atoms with Crippen LogP contribution in [0.1, 0.15) is 16.0 Å². The van der Waals surface area contributed by atoms with E-state index in [1.165, 1.54) is 0 Å². The number of hydrogen-bond donors (Lipinski definition) is 0. The average Bonchev–Trinajstić information content (AvgIpc) is 2.04. The third kappa shape index (κ3) is 1.86. The van der Waals surface area contributed by atoms with E-state index >= 15 is 0 Å². The van der Waals surface area contributed by atoms with Gasteiger partial charge in [-0.1, -0.05) is 18.2 Å². The molecular weight excluding hydrogens is 181 g/mol. The van der Waals surface area contributed by atoms with Crippen molar-refractivity contribution >= 4 is 23.2 Å². The van der Waals surface area contributed by atoms with E-state index < -0.39 is 4.84 Å². The molecule has 0 bridgehead atoms. The Morgan fingerprint density at radius 1 is 1.27 bits per heavy atom. The number of nitrogens with zero attached hydrogens (tertiary/aromatic N) is 1. The molecule has 0 atom stereocenters. The molecule has 0 aliphatic rings. The SMILES string of the molecule is N#Cc1ccccc1C(Cl)Cl. The predicted molar refractivity (Wildman–Crippen MR) is 45.6 cm³/mol. The van der Waals surface area contributed by atoms with Crippen LogP contribution in [0.15, 0.2) is 24.3 Å². The topological polar surface area (TPSA) is 23.8 Å². The van der Waals surface area contributed by atoms with Crippen LogP contribution in [0.3, 0.4) is 0 Å². The quantitative estimate of drug-likeness (QED) is 0.618. The van der Waals surface area contributed by atoms with Crippen LogP contribution in [0, 0.1) is 11.3 Å². The first-order chi connectivity index (χ1) is 5.25. The number of benzene rings is 1. The molecule has 0 saturated heterocycles. The molecule has 0 N–H and O–H groups in total. The summed E-state index contributed by atoms with van der Waals surface area (Å²) in [5.74, 6) is 0. The van der Waals surface area contributed by atoms with Crippen LogP contribution in [0.2, 0.25) is 0 Å². The van der Waals surface area contributed by atoms with E-state index in [1.807, 2.05) is 6.07 Å². The lowest BCUT2D eigenvalue weighted by molar-refractivity contribution is 1.31. The van der Waals surface area contributed by atoms with Crippen molar-refractivity contribution in [3.05, 3.63) is 35.4 Å². The van der Waals surface area contributed by atoms with E-state index in [1.54, 1.807) is 24.3 Å². The lowest BCUT2D eigenvalue weighted by Gasteiger charge is -2.01. The molecule has 11 heavy (non-hydrogen) atoms. The second-order valence-electron chi connectivity index (χ2n) is 2.00. The summed E-state index contributed by atoms with van der Waals surface area (Å²) in [6.07, 6.45) is 0. The van der Waals surface area contributed by atoms with Crippen molar-refractivity contribution in [2.45, 2.75) is 4.84 Å². The third-order valence-corrected chi connectivity index (χ3v) is 1.79. The molecule has 0 saturated carbocycles. The van der Waals surface area contributed by atoms with E-state index in [-0.39, 0.29) is 0 Å². The fourth-order valence-corrected chi connectivity index (χ4v) is 1.17. The first kappa shape index (κ1) is 8.39. The molecule has 0 amide bonds. The smallest absolute Gasteiger partial charge is 0.134 e. The van der Waals surface area contributed by atoms with Gasteiger partial charge in [0.15, 0.2) is 0 Å². The van der Waals surface area contributed by atoms with Crippen LogP contribution >= 0.6 is 23.2 Å². The van der Waals surface area contributed by atoms with Gasteiger partial charge in [0.05, 0.1) is 11.6 Å². The number of alkyl halides is 2. The maximum atomic E-state index is 8.60. The highest BCUT2D eigenvalue weighted by molar-refractivity contribution is 6.44. The van der Waals surface area contributed by atoms with Gasteiger partial charge in [0.1, 0.15) is 4.84 Å². The first-order valence-electron chi connectivity index (χ1n) is 3.03. The van der Waals surface area contributed by atoms with Crippen LogP contribution in [-0.2, 0) is 0 Å². The van der Waals surface area contributed by atoms with Gasteiger partial charge in [-0.15, -0.1) is 23.2 Å². The van der Waals surface area contributed by atoms with Crippen molar-refractivity contribution in [1.29, 1.82) is 5.26 Å². The standard InChI is InChI=1S/C8H5Cl2N/c9-8(10)7-4-2-1-3-6(7)5-11/h1-4,8H. The van der Waals surface area contributed by atoms with Gasteiger partial charge in [0.2, 0.25) is 0 Å². The zero-order valence-electron chi connectivity index (χ0n) is 5.59. The monoisotopic (exact) mass is 185 g/mol. The molecular formula is C8H5Cl2N. The second-order valence-corrected chi connectivity index (χ2v) is 3.10. The Morgan fingerprint density at radius 2 is 1.91 bits per heavy atom. The maximum Gasteiger partial charge on any atom is 0.134 e. The molecule has 0 aliphatic heterocycles. The number of hydrogen-bond acceptors (Lipinski definition) is 1. The zero-order chi connectivity index (χ0) is 8.27. The number of nitriles is 1. The molecule has 0 radical (unpaired) electrons. The minimum absolute atomic E-state index is 0.530. The molecule has 0 aliphatic carbocycles. The van der Waals surface area contributed by atoms with Gasteiger partial charge in [-0.25, -0.2) is 0 Å². The van der Waals surface area contributed by atoms with Crippen LogP contribution < -0.4 is 0 Å². The van der Waals surface area contributed by atoms with Crippen molar-refractivity contribution in [3.63, 3.8) is 0 Å². The van der Waals surface area contributed by atoms with E-state index in [4.69, 9.17) is 28.5 Å². The van der Waals surface area contributed by atoms with Crippen molar-refractivity contribution in [2.75, 3.05) is 0 Å². The Kier molecular flexibility index (Phi) is 2.76. The lowest BCUT2D eigenvalue weighted by Crippen LogP contribution is -1.86. The number of halogens is 2. The molecule has 0 aromatic heterocycles. The van der Waals surface area contributed by atoms with E-state index in [2.05, 4.69) is 0 Å². The Balaban J connectivity index is 3.15. The lowest BCUT2D eigenvalue weighted by atomic mass is 10.1. The summed E-state index contributed by atoms with van der Waals surface area (Å²) in [6, 6.07) is 9.01. The van der Waals surface area contributed by atoms with Gasteiger partial charge in [0, 0.05) is 5.56 Å². The highest BCUT2D eigenvalue weighted by atomic mass is 35.5. The van der Waals surface area contributed by atoms with Crippen LogP contribution in [-0.4, -0.2) is 0 Å².